The van der Waals surface area contributed by atoms with Crippen molar-refractivity contribution in [2.24, 2.45) is 0 Å². The predicted octanol–water partition coefficient (Wildman–Crippen LogP) is 0.240. The Morgan fingerprint density at radius 3 is 0.938 bits per heavy atom. The van der Waals surface area contributed by atoms with E-state index in [9.17, 15) is 18.0 Å². The Bertz CT molecular complexity index is 285. The van der Waals surface area contributed by atoms with Gasteiger partial charge in [-0.3, -0.25) is 18.0 Å². The molecule has 0 atom stereocenters. The second kappa shape index (κ2) is 10.6. The first-order valence-electron chi connectivity index (χ1n) is 4.20. The summed E-state index contributed by atoms with van der Waals surface area (Å²) in [6, 6.07) is 0. The third-order valence-corrected chi connectivity index (χ3v) is 0.824. The minimum atomic E-state index is -0.611. The molecule has 0 fully saturated rings. The fourth-order valence-corrected chi connectivity index (χ4v) is 0.440. The van der Waals surface area contributed by atoms with Crippen molar-refractivity contribution >= 4 is 33.2 Å². The standard InChI is InChI=1S/C6H4O2.2C2H6OS/c7-5-1-2-6(8)4-3-5;2*1-4(2)3/h1-4H;2*1-2H3. The van der Waals surface area contributed by atoms with E-state index in [2.05, 4.69) is 0 Å². The van der Waals surface area contributed by atoms with E-state index >= 15 is 0 Å². The number of hydrogen-bond acceptors (Lipinski definition) is 4. The van der Waals surface area contributed by atoms with E-state index in [-0.39, 0.29) is 11.6 Å². The Hall–Kier alpha value is -0.880. The average molecular weight is 264 g/mol. The average Bonchev–Trinajstić information content (AvgIpc) is 2.08. The maximum Gasteiger partial charge on any atom is 0.178 e. The molecule has 1 rings (SSSR count). The molecule has 1 aliphatic carbocycles. The number of ketones is 2. The Morgan fingerprint density at radius 1 is 0.688 bits per heavy atom. The van der Waals surface area contributed by atoms with Gasteiger partial charge in [-0.25, -0.2) is 0 Å². The van der Waals surface area contributed by atoms with Crippen LogP contribution in [0, 0.1) is 0 Å². The fraction of sp³-hybridized carbons (Fsp3) is 0.400. The highest BCUT2D eigenvalue weighted by Crippen LogP contribution is 1.90. The van der Waals surface area contributed by atoms with Gasteiger partial charge < -0.3 is 0 Å². The summed E-state index contributed by atoms with van der Waals surface area (Å²) in [5.74, 6) is -0.241. The van der Waals surface area contributed by atoms with E-state index in [1.165, 1.54) is 24.3 Å². The zero-order chi connectivity index (χ0) is 13.1. The Labute approximate surface area is 101 Å². The second-order valence-electron chi connectivity index (χ2n) is 2.95. The fourth-order valence-electron chi connectivity index (χ4n) is 0.440. The summed E-state index contributed by atoms with van der Waals surface area (Å²) in [5, 5.41) is 0. The van der Waals surface area contributed by atoms with Crippen molar-refractivity contribution in [2.45, 2.75) is 0 Å². The third-order valence-electron chi connectivity index (χ3n) is 0.824. The summed E-state index contributed by atoms with van der Waals surface area (Å²) in [5.41, 5.74) is 0. The quantitative estimate of drug-likeness (QED) is 0.588. The van der Waals surface area contributed by atoms with Crippen LogP contribution in [-0.2, 0) is 31.2 Å². The molecule has 0 spiro atoms. The molecule has 92 valence electrons. The molecule has 0 heterocycles. The molecule has 0 unspecified atom stereocenters. The normalized spacial score (nSPS) is 13.1. The molecule has 6 heteroatoms. The first-order chi connectivity index (χ1) is 7.25. The Kier molecular flexibility index (Phi) is 11.6. The van der Waals surface area contributed by atoms with Gasteiger partial charge in [0.05, 0.1) is 0 Å². The maximum absolute atomic E-state index is 10.3. The summed E-state index contributed by atoms with van der Waals surface area (Å²) in [7, 11) is -1.22. The van der Waals surface area contributed by atoms with Crippen LogP contribution in [0.1, 0.15) is 0 Å². The molecule has 0 radical (unpaired) electrons. The maximum atomic E-state index is 10.3. The van der Waals surface area contributed by atoms with Gasteiger partial charge in [-0.15, -0.1) is 0 Å². The summed E-state index contributed by atoms with van der Waals surface area (Å²) in [6.45, 7) is 0. The van der Waals surface area contributed by atoms with E-state index in [0.29, 0.717) is 0 Å². The van der Waals surface area contributed by atoms with Crippen LogP contribution < -0.4 is 0 Å². The van der Waals surface area contributed by atoms with Crippen LogP contribution in [0.2, 0.25) is 0 Å². The number of hydrogen-bond donors (Lipinski definition) is 0. The molecule has 0 aromatic heterocycles. The van der Waals surface area contributed by atoms with Gasteiger partial charge >= 0.3 is 0 Å². The van der Waals surface area contributed by atoms with Crippen molar-refractivity contribution in [3.05, 3.63) is 24.3 Å². The lowest BCUT2D eigenvalue weighted by Crippen LogP contribution is -1.97. The van der Waals surface area contributed by atoms with Crippen LogP contribution in [0.15, 0.2) is 24.3 Å². The van der Waals surface area contributed by atoms with Gasteiger partial charge in [-0.2, -0.15) is 0 Å². The minimum Gasteiger partial charge on any atom is -0.290 e. The molecule has 0 aliphatic heterocycles. The topological polar surface area (TPSA) is 68.3 Å². The molecule has 0 N–H and O–H groups in total. The summed E-state index contributed by atoms with van der Waals surface area (Å²) in [6.07, 6.45) is 11.6. The van der Waals surface area contributed by atoms with Crippen LogP contribution in [0.4, 0.5) is 0 Å². The molecule has 0 saturated heterocycles. The lowest BCUT2D eigenvalue weighted by Gasteiger charge is -1.87. The van der Waals surface area contributed by atoms with Gasteiger partial charge in [0.2, 0.25) is 0 Å². The lowest BCUT2D eigenvalue weighted by molar-refractivity contribution is -0.113. The highest BCUT2D eigenvalue weighted by atomic mass is 32.2. The van der Waals surface area contributed by atoms with Gasteiger partial charge in [0.15, 0.2) is 11.6 Å². The van der Waals surface area contributed by atoms with Crippen LogP contribution >= 0.6 is 0 Å². The van der Waals surface area contributed by atoms with Crippen LogP contribution in [0.5, 0.6) is 0 Å². The number of carbonyl (C=O) groups excluding carboxylic acids is 2. The lowest BCUT2D eigenvalue weighted by atomic mass is 10.2. The van der Waals surface area contributed by atoms with E-state index in [0.717, 1.165) is 0 Å². The van der Waals surface area contributed by atoms with Crippen molar-refractivity contribution in [3.63, 3.8) is 0 Å². The van der Waals surface area contributed by atoms with Gasteiger partial charge in [0.1, 0.15) is 0 Å². The van der Waals surface area contributed by atoms with E-state index in [4.69, 9.17) is 0 Å². The molecular weight excluding hydrogens is 248 g/mol. The van der Waals surface area contributed by atoms with E-state index in [1.54, 1.807) is 25.0 Å². The highest BCUT2D eigenvalue weighted by Gasteiger charge is 1.97. The number of rotatable bonds is 0. The summed E-state index contributed by atoms with van der Waals surface area (Å²) >= 11 is 0. The molecule has 1 aliphatic rings. The molecule has 0 saturated carbocycles. The highest BCUT2D eigenvalue weighted by molar-refractivity contribution is 7.83. The van der Waals surface area contributed by atoms with Gasteiger partial charge in [0.25, 0.3) is 0 Å². The first kappa shape index (κ1) is 17.5. The molecule has 0 bridgehead atoms. The zero-order valence-corrected chi connectivity index (χ0v) is 11.4. The van der Waals surface area contributed by atoms with Crippen LogP contribution in [0.3, 0.4) is 0 Å². The summed E-state index contributed by atoms with van der Waals surface area (Å²) in [4.78, 5) is 20.6. The predicted molar refractivity (Wildman–Crippen MR) is 68.3 cm³/mol. The smallest absolute Gasteiger partial charge is 0.178 e. The zero-order valence-electron chi connectivity index (χ0n) is 9.76. The molecule has 0 aromatic carbocycles. The SMILES string of the molecule is CS(C)=O.CS(C)=O.O=C1C=CC(=O)C=C1. The molecule has 16 heavy (non-hydrogen) atoms. The molecule has 4 nitrogen and oxygen atoms in total. The first-order valence-corrected chi connectivity index (χ1v) is 8.13. The van der Waals surface area contributed by atoms with E-state index < -0.39 is 21.6 Å². The van der Waals surface area contributed by atoms with Crippen molar-refractivity contribution in [1.82, 2.24) is 0 Å². The molecule has 0 amide bonds. The third kappa shape index (κ3) is 23.2. The minimum absolute atomic E-state index is 0.121. The van der Waals surface area contributed by atoms with Crippen molar-refractivity contribution in [3.8, 4) is 0 Å². The van der Waals surface area contributed by atoms with Crippen molar-refractivity contribution < 1.29 is 18.0 Å². The monoisotopic (exact) mass is 264 g/mol. The van der Waals surface area contributed by atoms with Gasteiger partial charge in [-0.05, 0) is 24.3 Å². The van der Waals surface area contributed by atoms with E-state index in [1.807, 2.05) is 0 Å². The van der Waals surface area contributed by atoms with Crippen LogP contribution in [0.25, 0.3) is 0 Å². The van der Waals surface area contributed by atoms with Gasteiger partial charge in [0, 0.05) is 46.6 Å². The number of carbonyl (C=O) groups is 2. The number of allylic oxidation sites excluding steroid dienone is 4. The van der Waals surface area contributed by atoms with Crippen molar-refractivity contribution in [1.29, 1.82) is 0 Å². The Morgan fingerprint density at radius 2 is 0.812 bits per heavy atom. The van der Waals surface area contributed by atoms with Gasteiger partial charge in [-0.1, -0.05) is 0 Å². The summed E-state index contributed by atoms with van der Waals surface area (Å²) < 4.78 is 19.1. The molecule has 0 aromatic rings. The van der Waals surface area contributed by atoms with Crippen LogP contribution in [-0.4, -0.2) is 45.0 Å². The van der Waals surface area contributed by atoms with Crippen molar-refractivity contribution in [2.75, 3.05) is 25.0 Å². The Balaban J connectivity index is 0. The largest absolute Gasteiger partial charge is 0.290 e. The molecular formula is C10H16O4S2. The second-order valence-corrected chi connectivity index (χ2v) is 5.92.